The SMILES string of the molecule is CCOc1ccc(C(=O)N(CN2CCCC2=O)c2ccc(OC)cc2)cc1OCC. The summed E-state index contributed by atoms with van der Waals surface area (Å²) in [6, 6.07) is 12.4. The average molecular weight is 412 g/mol. The molecule has 2 aromatic carbocycles. The number of carbonyl (C=O) groups is 2. The highest BCUT2D eigenvalue weighted by atomic mass is 16.5. The number of nitrogens with zero attached hydrogens (tertiary/aromatic N) is 2. The molecule has 0 unspecified atom stereocenters. The Morgan fingerprint density at radius 1 is 1.03 bits per heavy atom. The van der Waals surface area contributed by atoms with E-state index in [1.165, 1.54) is 0 Å². The lowest BCUT2D eigenvalue weighted by molar-refractivity contribution is -0.127. The first-order valence-electron chi connectivity index (χ1n) is 10.2. The van der Waals surface area contributed by atoms with E-state index in [4.69, 9.17) is 14.2 Å². The molecule has 0 radical (unpaired) electrons. The number of hydrogen-bond donors (Lipinski definition) is 0. The van der Waals surface area contributed by atoms with Gasteiger partial charge in [0.2, 0.25) is 5.91 Å². The summed E-state index contributed by atoms with van der Waals surface area (Å²) >= 11 is 0. The second-order valence-corrected chi connectivity index (χ2v) is 6.86. The average Bonchev–Trinajstić information content (AvgIpc) is 3.17. The van der Waals surface area contributed by atoms with Gasteiger partial charge in [-0.1, -0.05) is 0 Å². The Bertz CT molecular complexity index is 882. The summed E-state index contributed by atoms with van der Waals surface area (Å²) in [4.78, 5) is 29.0. The van der Waals surface area contributed by atoms with E-state index < -0.39 is 0 Å². The minimum atomic E-state index is -0.219. The molecule has 1 fully saturated rings. The molecule has 3 rings (SSSR count). The summed E-state index contributed by atoms with van der Waals surface area (Å²) in [5.41, 5.74) is 1.15. The number of likely N-dealkylation sites (tertiary alicyclic amines) is 1. The number of benzene rings is 2. The highest BCUT2D eigenvalue weighted by Crippen LogP contribution is 2.30. The molecule has 0 saturated carbocycles. The lowest BCUT2D eigenvalue weighted by atomic mass is 10.1. The predicted molar refractivity (Wildman–Crippen MR) is 114 cm³/mol. The molecule has 30 heavy (non-hydrogen) atoms. The molecule has 0 bridgehead atoms. The molecule has 1 aliphatic heterocycles. The van der Waals surface area contributed by atoms with Gasteiger partial charge in [0.1, 0.15) is 12.4 Å². The number of hydrogen-bond acceptors (Lipinski definition) is 5. The Kier molecular flexibility index (Phi) is 7.17. The van der Waals surface area contributed by atoms with Crippen LogP contribution < -0.4 is 19.1 Å². The van der Waals surface area contributed by atoms with Crippen molar-refractivity contribution in [2.45, 2.75) is 26.7 Å². The van der Waals surface area contributed by atoms with E-state index in [0.717, 1.165) is 6.42 Å². The van der Waals surface area contributed by atoms with Crippen LogP contribution in [0.3, 0.4) is 0 Å². The zero-order valence-electron chi connectivity index (χ0n) is 17.7. The molecule has 0 N–H and O–H groups in total. The summed E-state index contributed by atoms with van der Waals surface area (Å²) in [5.74, 6) is 1.66. The molecule has 0 spiro atoms. The summed E-state index contributed by atoms with van der Waals surface area (Å²) in [6.07, 6.45) is 1.32. The van der Waals surface area contributed by atoms with Crippen molar-refractivity contribution in [3.63, 3.8) is 0 Å². The van der Waals surface area contributed by atoms with Crippen molar-refractivity contribution in [1.29, 1.82) is 0 Å². The highest BCUT2D eigenvalue weighted by Gasteiger charge is 2.27. The Labute approximate surface area is 177 Å². The molecule has 7 heteroatoms. The van der Waals surface area contributed by atoms with Gasteiger partial charge in [-0.15, -0.1) is 0 Å². The Morgan fingerprint density at radius 3 is 2.33 bits per heavy atom. The lowest BCUT2D eigenvalue weighted by Gasteiger charge is -2.28. The Morgan fingerprint density at radius 2 is 1.73 bits per heavy atom. The predicted octanol–water partition coefficient (Wildman–Crippen LogP) is 3.72. The van der Waals surface area contributed by atoms with Crippen LogP contribution in [0, 0.1) is 0 Å². The fraction of sp³-hybridized carbons (Fsp3) is 0.391. The molecule has 0 atom stereocenters. The Balaban J connectivity index is 1.94. The van der Waals surface area contributed by atoms with Gasteiger partial charge in [-0.3, -0.25) is 14.5 Å². The maximum absolute atomic E-state index is 13.5. The first kappa shape index (κ1) is 21.5. The molecule has 2 amide bonds. The van der Waals surface area contributed by atoms with Crippen LogP contribution in [0.1, 0.15) is 37.0 Å². The van der Waals surface area contributed by atoms with Gasteiger partial charge in [0, 0.05) is 24.2 Å². The number of amides is 2. The number of ether oxygens (including phenoxy) is 3. The van der Waals surface area contributed by atoms with Crippen LogP contribution in [0.15, 0.2) is 42.5 Å². The summed E-state index contributed by atoms with van der Waals surface area (Å²) in [6.45, 7) is 5.58. The van der Waals surface area contributed by atoms with Gasteiger partial charge in [0.15, 0.2) is 11.5 Å². The molecule has 1 aliphatic rings. The van der Waals surface area contributed by atoms with Crippen LogP contribution in [-0.4, -0.2) is 50.3 Å². The topological polar surface area (TPSA) is 68.3 Å². The van der Waals surface area contributed by atoms with E-state index in [0.29, 0.717) is 54.7 Å². The van der Waals surface area contributed by atoms with E-state index >= 15 is 0 Å². The molecule has 1 heterocycles. The standard InChI is InChI=1S/C23H28N2O5/c1-4-29-20-13-8-17(15-21(20)30-5-2)23(27)25(16-24-14-6-7-22(24)26)18-9-11-19(28-3)12-10-18/h8-13,15H,4-7,14,16H2,1-3H3. The monoisotopic (exact) mass is 412 g/mol. The number of carbonyl (C=O) groups excluding carboxylic acids is 2. The maximum Gasteiger partial charge on any atom is 0.259 e. The van der Waals surface area contributed by atoms with Crippen LogP contribution in [0.4, 0.5) is 5.69 Å². The second kappa shape index (κ2) is 10.0. The molecule has 2 aromatic rings. The fourth-order valence-corrected chi connectivity index (χ4v) is 3.39. The minimum Gasteiger partial charge on any atom is -0.497 e. The first-order chi connectivity index (χ1) is 14.6. The van der Waals surface area contributed by atoms with E-state index in [1.807, 2.05) is 26.0 Å². The molecule has 0 aliphatic carbocycles. The van der Waals surface area contributed by atoms with E-state index in [1.54, 1.807) is 47.2 Å². The number of anilines is 1. The fourth-order valence-electron chi connectivity index (χ4n) is 3.39. The first-order valence-corrected chi connectivity index (χ1v) is 10.2. The van der Waals surface area contributed by atoms with Gasteiger partial charge in [0.25, 0.3) is 5.91 Å². The van der Waals surface area contributed by atoms with Gasteiger partial charge in [-0.25, -0.2) is 0 Å². The van der Waals surface area contributed by atoms with Crippen LogP contribution in [0.5, 0.6) is 17.2 Å². The molecule has 160 valence electrons. The lowest BCUT2D eigenvalue weighted by Crippen LogP contribution is -2.42. The molecule has 1 saturated heterocycles. The molecule has 0 aromatic heterocycles. The van der Waals surface area contributed by atoms with Crippen LogP contribution in [0.2, 0.25) is 0 Å². The van der Waals surface area contributed by atoms with Crippen LogP contribution in [0.25, 0.3) is 0 Å². The zero-order valence-corrected chi connectivity index (χ0v) is 17.7. The van der Waals surface area contributed by atoms with Crippen molar-refractivity contribution in [2.24, 2.45) is 0 Å². The van der Waals surface area contributed by atoms with Crippen molar-refractivity contribution in [2.75, 3.05) is 38.4 Å². The third kappa shape index (κ3) is 4.84. The molecular weight excluding hydrogens is 384 g/mol. The maximum atomic E-state index is 13.5. The van der Waals surface area contributed by atoms with E-state index in [9.17, 15) is 9.59 Å². The quantitative estimate of drug-likeness (QED) is 0.628. The number of rotatable bonds is 9. The van der Waals surface area contributed by atoms with E-state index in [2.05, 4.69) is 0 Å². The molecule has 7 nitrogen and oxygen atoms in total. The third-order valence-electron chi connectivity index (χ3n) is 4.90. The largest absolute Gasteiger partial charge is 0.497 e. The normalized spacial score (nSPS) is 13.3. The van der Waals surface area contributed by atoms with Crippen LogP contribution >= 0.6 is 0 Å². The molecular formula is C23H28N2O5. The van der Waals surface area contributed by atoms with Crippen molar-refractivity contribution in [3.8, 4) is 17.2 Å². The van der Waals surface area contributed by atoms with Crippen molar-refractivity contribution in [3.05, 3.63) is 48.0 Å². The summed E-state index contributed by atoms with van der Waals surface area (Å²) in [7, 11) is 1.59. The van der Waals surface area contributed by atoms with Crippen molar-refractivity contribution in [1.82, 2.24) is 4.90 Å². The summed E-state index contributed by atoms with van der Waals surface area (Å²) in [5, 5.41) is 0. The van der Waals surface area contributed by atoms with E-state index in [-0.39, 0.29) is 18.5 Å². The van der Waals surface area contributed by atoms with Gasteiger partial charge in [0.05, 0.1) is 20.3 Å². The smallest absolute Gasteiger partial charge is 0.259 e. The van der Waals surface area contributed by atoms with Gasteiger partial charge in [-0.05, 0) is 62.7 Å². The van der Waals surface area contributed by atoms with Gasteiger partial charge in [-0.2, -0.15) is 0 Å². The minimum absolute atomic E-state index is 0.0583. The second-order valence-electron chi connectivity index (χ2n) is 6.86. The van der Waals surface area contributed by atoms with Crippen LogP contribution in [-0.2, 0) is 4.79 Å². The third-order valence-corrected chi connectivity index (χ3v) is 4.90. The number of methoxy groups -OCH3 is 1. The van der Waals surface area contributed by atoms with Gasteiger partial charge < -0.3 is 19.1 Å². The van der Waals surface area contributed by atoms with Crippen molar-refractivity contribution < 1.29 is 23.8 Å². The highest BCUT2D eigenvalue weighted by molar-refractivity contribution is 6.06. The van der Waals surface area contributed by atoms with Gasteiger partial charge >= 0.3 is 0 Å². The van der Waals surface area contributed by atoms with Crippen molar-refractivity contribution >= 4 is 17.5 Å². The summed E-state index contributed by atoms with van der Waals surface area (Å²) < 4.78 is 16.5. The zero-order chi connectivity index (χ0) is 21.5. The Hall–Kier alpha value is -3.22.